The Morgan fingerprint density at radius 2 is 1.95 bits per heavy atom. The van der Waals surface area contributed by atoms with Gasteiger partial charge in [-0.1, -0.05) is 11.6 Å². The number of hydrogen-bond donors (Lipinski definition) is 3. The number of carboxylic acids is 1. The number of nitrogens with one attached hydrogen (secondary N) is 2. The van der Waals surface area contributed by atoms with Crippen molar-refractivity contribution >= 4 is 29.1 Å². The molecule has 0 saturated carbocycles. The summed E-state index contributed by atoms with van der Waals surface area (Å²) in [7, 11) is 0. The summed E-state index contributed by atoms with van der Waals surface area (Å²) in [5.41, 5.74) is 1.08. The molecule has 0 atom stereocenters. The first-order valence-electron chi connectivity index (χ1n) is 7.04. The molecule has 1 saturated heterocycles. The minimum atomic E-state index is -1.09. The molecular formula is C14H16ClN5O2. The second-order valence-corrected chi connectivity index (χ2v) is 5.64. The normalized spacial score (nSPS) is 15.8. The monoisotopic (exact) mass is 321 g/mol. The maximum atomic E-state index is 11.0. The van der Waals surface area contributed by atoms with Crippen molar-refractivity contribution < 1.29 is 9.90 Å². The number of carbonyl (C=O) groups is 1. The van der Waals surface area contributed by atoms with Crippen molar-refractivity contribution in [1.29, 1.82) is 0 Å². The standard InChI is InChI=1S/C14H16ClN5O2/c15-9-1-3-11(4-2-9)20-7-5-10(6-8-20)16-13-12(14(21)22)17-19-18-13/h1-4,10H,5-8H2,(H,21,22)(H2,16,17,18,19). The fourth-order valence-corrected chi connectivity index (χ4v) is 2.73. The number of nitrogens with zero attached hydrogens (tertiary/aromatic N) is 3. The molecule has 0 unspecified atom stereocenters. The molecule has 7 nitrogen and oxygen atoms in total. The molecule has 0 radical (unpaired) electrons. The van der Waals surface area contributed by atoms with E-state index in [2.05, 4.69) is 25.6 Å². The van der Waals surface area contributed by atoms with Crippen LogP contribution in [0.4, 0.5) is 11.5 Å². The summed E-state index contributed by atoms with van der Waals surface area (Å²) in [6.07, 6.45) is 1.79. The molecule has 1 aromatic heterocycles. The number of aromatic amines is 1. The van der Waals surface area contributed by atoms with Crippen LogP contribution in [0.15, 0.2) is 24.3 Å². The van der Waals surface area contributed by atoms with Gasteiger partial charge in [0.15, 0.2) is 5.82 Å². The van der Waals surface area contributed by atoms with Crippen LogP contribution in [0.2, 0.25) is 5.02 Å². The number of rotatable bonds is 4. The van der Waals surface area contributed by atoms with E-state index >= 15 is 0 Å². The molecule has 2 aromatic rings. The van der Waals surface area contributed by atoms with Crippen LogP contribution < -0.4 is 10.2 Å². The van der Waals surface area contributed by atoms with E-state index in [1.54, 1.807) is 0 Å². The smallest absolute Gasteiger partial charge is 0.360 e. The highest BCUT2D eigenvalue weighted by Crippen LogP contribution is 2.23. The lowest BCUT2D eigenvalue weighted by Crippen LogP contribution is -2.39. The maximum Gasteiger partial charge on any atom is 0.360 e. The number of benzene rings is 1. The van der Waals surface area contributed by atoms with E-state index in [1.165, 1.54) is 0 Å². The largest absolute Gasteiger partial charge is 0.476 e. The van der Waals surface area contributed by atoms with Gasteiger partial charge in [0, 0.05) is 29.8 Å². The number of H-pyrrole nitrogens is 1. The Hall–Kier alpha value is -2.28. The lowest BCUT2D eigenvalue weighted by atomic mass is 10.0. The zero-order valence-corrected chi connectivity index (χ0v) is 12.5. The Labute approximate surface area is 132 Å². The van der Waals surface area contributed by atoms with Crippen molar-refractivity contribution in [2.75, 3.05) is 23.3 Å². The summed E-state index contributed by atoms with van der Waals surface area (Å²) in [6, 6.07) is 7.98. The Morgan fingerprint density at radius 3 is 2.59 bits per heavy atom. The van der Waals surface area contributed by atoms with Gasteiger partial charge < -0.3 is 15.3 Å². The Balaban J connectivity index is 1.59. The molecular weight excluding hydrogens is 306 g/mol. The van der Waals surface area contributed by atoms with Gasteiger partial charge in [-0.2, -0.15) is 5.21 Å². The summed E-state index contributed by atoms with van der Waals surface area (Å²) < 4.78 is 0. The number of anilines is 2. The van der Waals surface area contributed by atoms with E-state index in [0.717, 1.165) is 36.6 Å². The second-order valence-electron chi connectivity index (χ2n) is 5.21. The lowest BCUT2D eigenvalue weighted by molar-refractivity contribution is 0.0691. The van der Waals surface area contributed by atoms with Crippen LogP contribution in [0.3, 0.4) is 0 Å². The average molecular weight is 322 g/mol. The molecule has 1 aromatic carbocycles. The van der Waals surface area contributed by atoms with Crippen molar-refractivity contribution in [3.63, 3.8) is 0 Å². The third-order valence-corrected chi connectivity index (χ3v) is 4.03. The van der Waals surface area contributed by atoms with Gasteiger partial charge in [-0.05, 0) is 37.1 Å². The number of piperidine rings is 1. The van der Waals surface area contributed by atoms with Crippen LogP contribution in [0, 0.1) is 0 Å². The van der Waals surface area contributed by atoms with E-state index in [1.807, 2.05) is 24.3 Å². The van der Waals surface area contributed by atoms with Crippen molar-refractivity contribution in [3.05, 3.63) is 35.0 Å². The van der Waals surface area contributed by atoms with Crippen LogP contribution in [-0.2, 0) is 0 Å². The number of hydrogen-bond acceptors (Lipinski definition) is 5. The molecule has 8 heteroatoms. The van der Waals surface area contributed by atoms with Gasteiger partial charge in [0.25, 0.3) is 0 Å². The molecule has 1 aliphatic rings. The van der Waals surface area contributed by atoms with Crippen molar-refractivity contribution in [2.45, 2.75) is 18.9 Å². The molecule has 116 valence electrons. The topological polar surface area (TPSA) is 94.1 Å². The Kier molecular flexibility index (Phi) is 4.15. The van der Waals surface area contributed by atoms with Gasteiger partial charge >= 0.3 is 5.97 Å². The van der Waals surface area contributed by atoms with Gasteiger partial charge in [0.2, 0.25) is 5.69 Å². The summed E-state index contributed by atoms with van der Waals surface area (Å²) in [5, 5.41) is 22.7. The number of aromatic carboxylic acids is 1. The van der Waals surface area contributed by atoms with E-state index < -0.39 is 5.97 Å². The molecule has 1 aliphatic heterocycles. The van der Waals surface area contributed by atoms with Crippen LogP contribution in [0.1, 0.15) is 23.3 Å². The molecule has 0 amide bonds. The first-order valence-corrected chi connectivity index (χ1v) is 7.42. The second kappa shape index (κ2) is 6.23. The van der Waals surface area contributed by atoms with Gasteiger partial charge in [-0.15, -0.1) is 10.2 Å². The minimum Gasteiger partial charge on any atom is -0.476 e. The molecule has 0 aliphatic carbocycles. The highest BCUT2D eigenvalue weighted by Gasteiger charge is 2.23. The number of halogens is 1. The van der Waals surface area contributed by atoms with E-state index in [0.29, 0.717) is 5.82 Å². The summed E-state index contributed by atoms with van der Waals surface area (Å²) in [6.45, 7) is 1.78. The van der Waals surface area contributed by atoms with Crippen LogP contribution in [-0.4, -0.2) is 45.6 Å². The fourth-order valence-electron chi connectivity index (χ4n) is 2.61. The third-order valence-electron chi connectivity index (χ3n) is 3.78. The summed E-state index contributed by atoms with van der Waals surface area (Å²) >= 11 is 5.90. The van der Waals surface area contributed by atoms with Crippen LogP contribution >= 0.6 is 11.6 Å². The molecule has 1 fully saturated rings. The van der Waals surface area contributed by atoms with Gasteiger partial charge in [-0.25, -0.2) is 4.79 Å². The predicted molar refractivity (Wildman–Crippen MR) is 83.7 cm³/mol. The Morgan fingerprint density at radius 1 is 1.27 bits per heavy atom. The highest BCUT2D eigenvalue weighted by atomic mass is 35.5. The average Bonchev–Trinajstić information content (AvgIpc) is 2.97. The van der Waals surface area contributed by atoms with Gasteiger partial charge in [-0.3, -0.25) is 0 Å². The van der Waals surface area contributed by atoms with Gasteiger partial charge in [0.05, 0.1) is 0 Å². The first-order chi connectivity index (χ1) is 10.6. The number of aromatic nitrogens is 3. The lowest BCUT2D eigenvalue weighted by Gasteiger charge is -2.34. The van der Waals surface area contributed by atoms with Crippen molar-refractivity contribution in [2.24, 2.45) is 0 Å². The highest BCUT2D eigenvalue weighted by molar-refractivity contribution is 6.30. The number of carboxylic acid groups (broad SMARTS) is 1. The SMILES string of the molecule is O=C(O)c1n[nH]nc1NC1CCN(c2ccc(Cl)cc2)CC1. The van der Waals surface area contributed by atoms with E-state index in [-0.39, 0.29) is 11.7 Å². The molecule has 0 bridgehead atoms. The maximum absolute atomic E-state index is 11.0. The van der Waals surface area contributed by atoms with Crippen molar-refractivity contribution in [1.82, 2.24) is 15.4 Å². The fraction of sp³-hybridized carbons (Fsp3) is 0.357. The summed E-state index contributed by atoms with van der Waals surface area (Å²) in [5.74, 6) is -0.785. The Bertz CT molecular complexity index is 650. The molecule has 3 N–H and O–H groups in total. The zero-order valence-electron chi connectivity index (χ0n) is 11.8. The quantitative estimate of drug-likeness (QED) is 0.799. The van der Waals surface area contributed by atoms with Gasteiger partial charge in [0.1, 0.15) is 0 Å². The van der Waals surface area contributed by atoms with Crippen molar-refractivity contribution in [3.8, 4) is 0 Å². The molecule has 3 rings (SSSR count). The van der Waals surface area contributed by atoms with E-state index in [4.69, 9.17) is 16.7 Å². The molecule has 0 spiro atoms. The zero-order chi connectivity index (χ0) is 15.5. The molecule has 22 heavy (non-hydrogen) atoms. The summed E-state index contributed by atoms with van der Waals surface area (Å²) in [4.78, 5) is 13.3. The molecule has 2 heterocycles. The van der Waals surface area contributed by atoms with E-state index in [9.17, 15) is 4.79 Å². The first kappa shape index (κ1) is 14.6. The minimum absolute atomic E-state index is 0.0693. The van der Waals surface area contributed by atoms with Crippen LogP contribution in [0.25, 0.3) is 0 Å². The third kappa shape index (κ3) is 3.14. The van der Waals surface area contributed by atoms with Crippen LogP contribution in [0.5, 0.6) is 0 Å². The predicted octanol–water partition coefficient (Wildman–Crippen LogP) is 2.24.